The highest BCUT2D eigenvalue weighted by atomic mass is 32.1. The number of carbonyl (C=O) groups is 1. The summed E-state index contributed by atoms with van der Waals surface area (Å²) >= 11 is 1.56. The number of amides is 1. The fourth-order valence-corrected chi connectivity index (χ4v) is 4.29. The van der Waals surface area contributed by atoms with Gasteiger partial charge in [-0.05, 0) is 36.2 Å². The van der Waals surface area contributed by atoms with Crippen molar-refractivity contribution in [1.82, 2.24) is 10.3 Å². The molecule has 0 aliphatic carbocycles. The van der Waals surface area contributed by atoms with E-state index < -0.39 is 0 Å². The average Bonchev–Trinajstić information content (AvgIpc) is 3.26. The first-order valence-electron chi connectivity index (χ1n) is 10.1. The van der Waals surface area contributed by atoms with E-state index in [1.807, 2.05) is 72.1 Å². The minimum atomic E-state index is -0.241. The van der Waals surface area contributed by atoms with Gasteiger partial charge in [-0.15, -0.1) is 11.3 Å². The van der Waals surface area contributed by atoms with Gasteiger partial charge in [-0.3, -0.25) is 4.79 Å². The Hall–Kier alpha value is -3.44. The van der Waals surface area contributed by atoms with Gasteiger partial charge in [0.15, 0.2) is 0 Å². The average molecular weight is 429 g/mol. The molecule has 156 valence electrons. The Morgan fingerprint density at radius 1 is 1.00 bits per heavy atom. The van der Waals surface area contributed by atoms with Gasteiger partial charge in [0.1, 0.15) is 10.8 Å². The highest BCUT2D eigenvalue weighted by Crippen LogP contribution is 2.26. The largest absolute Gasteiger partial charge is 0.497 e. The Morgan fingerprint density at radius 3 is 2.45 bits per heavy atom. The van der Waals surface area contributed by atoms with Gasteiger partial charge in [0.25, 0.3) is 0 Å². The highest BCUT2D eigenvalue weighted by Gasteiger charge is 2.18. The van der Waals surface area contributed by atoms with Crippen molar-refractivity contribution >= 4 is 17.2 Å². The summed E-state index contributed by atoms with van der Waals surface area (Å²) in [6, 6.07) is 25.8. The van der Waals surface area contributed by atoms with Gasteiger partial charge in [-0.1, -0.05) is 66.2 Å². The second kappa shape index (κ2) is 9.58. The first-order valence-corrected chi connectivity index (χ1v) is 11.0. The molecule has 1 N–H and O–H groups in total. The van der Waals surface area contributed by atoms with Crippen molar-refractivity contribution in [3.63, 3.8) is 0 Å². The van der Waals surface area contributed by atoms with E-state index >= 15 is 0 Å². The summed E-state index contributed by atoms with van der Waals surface area (Å²) in [7, 11) is 1.64. The van der Waals surface area contributed by atoms with Crippen LogP contribution in [0.1, 0.15) is 28.4 Å². The third-order valence-corrected chi connectivity index (χ3v) is 5.99. The Morgan fingerprint density at radius 2 is 1.74 bits per heavy atom. The first-order chi connectivity index (χ1) is 15.1. The van der Waals surface area contributed by atoms with Crippen LogP contribution in [0.4, 0.5) is 0 Å². The molecule has 1 heterocycles. The maximum absolute atomic E-state index is 12.9. The summed E-state index contributed by atoms with van der Waals surface area (Å²) in [6.07, 6.45) is 0.238. The lowest BCUT2D eigenvalue weighted by Crippen LogP contribution is -2.30. The van der Waals surface area contributed by atoms with E-state index in [2.05, 4.69) is 29.4 Å². The fourth-order valence-electron chi connectivity index (χ4n) is 3.48. The molecule has 4 aromatic rings. The first kappa shape index (κ1) is 20.8. The zero-order valence-electron chi connectivity index (χ0n) is 17.5. The normalized spacial score (nSPS) is 11.7. The molecule has 0 aliphatic heterocycles. The van der Waals surface area contributed by atoms with E-state index in [4.69, 9.17) is 4.74 Å². The predicted octanol–water partition coefficient (Wildman–Crippen LogP) is 5.58. The zero-order valence-corrected chi connectivity index (χ0v) is 18.4. The molecule has 0 bridgehead atoms. The molecule has 0 saturated heterocycles. The van der Waals surface area contributed by atoms with Gasteiger partial charge in [-0.25, -0.2) is 4.98 Å². The molecule has 4 nitrogen and oxygen atoms in total. The van der Waals surface area contributed by atoms with Gasteiger partial charge in [0.05, 0.1) is 25.3 Å². The van der Waals surface area contributed by atoms with E-state index in [1.165, 1.54) is 5.56 Å². The number of carbonyl (C=O) groups excluding carboxylic acids is 1. The number of rotatable bonds is 7. The Labute approximate surface area is 186 Å². The van der Waals surface area contributed by atoms with E-state index in [0.717, 1.165) is 33.1 Å². The number of nitrogens with one attached hydrogen (secondary N) is 1. The summed E-state index contributed by atoms with van der Waals surface area (Å²) in [4.78, 5) is 17.6. The molecule has 1 unspecified atom stereocenters. The monoisotopic (exact) mass is 428 g/mol. The molecular formula is C26H24N2O2S. The van der Waals surface area contributed by atoms with Gasteiger partial charge in [0.2, 0.25) is 5.91 Å². The maximum atomic E-state index is 12.9. The molecule has 0 aliphatic rings. The Balaban J connectivity index is 1.51. The third kappa shape index (κ3) is 5.19. The van der Waals surface area contributed by atoms with Crippen molar-refractivity contribution in [3.05, 3.63) is 107 Å². The van der Waals surface area contributed by atoms with Crippen LogP contribution in [-0.4, -0.2) is 18.0 Å². The second-order valence-electron chi connectivity index (χ2n) is 7.37. The molecule has 0 spiro atoms. The van der Waals surface area contributed by atoms with Crippen LogP contribution in [0.15, 0.2) is 84.2 Å². The van der Waals surface area contributed by atoms with Gasteiger partial charge < -0.3 is 10.1 Å². The summed E-state index contributed by atoms with van der Waals surface area (Å²) < 4.78 is 5.27. The maximum Gasteiger partial charge on any atom is 0.226 e. The van der Waals surface area contributed by atoms with Crippen LogP contribution in [0.2, 0.25) is 0 Å². The zero-order chi connectivity index (χ0) is 21.6. The summed E-state index contributed by atoms with van der Waals surface area (Å²) in [6.45, 7) is 2.06. The quantitative estimate of drug-likeness (QED) is 0.418. The molecule has 1 aromatic heterocycles. The molecule has 0 fully saturated rings. The Bertz CT molecular complexity index is 1150. The number of hydrogen-bond acceptors (Lipinski definition) is 4. The SMILES string of the molecule is COc1ccc(C(NC(=O)Cc2csc(-c3cccc(C)c3)n2)c2ccccc2)cc1. The topological polar surface area (TPSA) is 51.2 Å². The van der Waals surface area contributed by atoms with Crippen molar-refractivity contribution in [2.45, 2.75) is 19.4 Å². The third-order valence-electron chi connectivity index (χ3n) is 5.05. The highest BCUT2D eigenvalue weighted by molar-refractivity contribution is 7.13. The van der Waals surface area contributed by atoms with E-state index in [0.29, 0.717) is 0 Å². The molecule has 1 atom stereocenters. The van der Waals surface area contributed by atoms with Gasteiger partial charge in [0, 0.05) is 10.9 Å². The molecule has 31 heavy (non-hydrogen) atoms. The lowest BCUT2D eigenvalue weighted by Gasteiger charge is -2.20. The fraction of sp³-hybridized carbons (Fsp3) is 0.154. The van der Waals surface area contributed by atoms with Crippen molar-refractivity contribution in [2.75, 3.05) is 7.11 Å². The molecule has 4 rings (SSSR count). The van der Waals surface area contributed by atoms with E-state index in [9.17, 15) is 4.79 Å². The smallest absolute Gasteiger partial charge is 0.226 e. The summed E-state index contributed by atoms with van der Waals surface area (Å²) in [5, 5.41) is 6.07. The number of aryl methyl sites for hydroxylation is 1. The Kier molecular flexibility index (Phi) is 6.43. The number of benzene rings is 3. The van der Waals surface area contributed by atoms with Crippen LogP contribution < -0.4 is 10.1 Å². The second-order valence-corrected chi connectivity index (χ2v) is 8.23. The van der Waals surface area contributed by atoms with Crippen molar-refractivity contribution < 1.29 is 9.53 Å². The number of aromatic nitrogens is 1. The number of nitrogens with zero attached hydrogens (tertiary/aromatic N) is 1. The molecular weight excluding hydrogens is 404 g/mol. The van der Waals surface area contributed by atoms with Crippen LogP contribution in [0.3, 0.4) is 0 Å². The molecule has 0 saturated carbocycles. The number of ether oxygens (including phenoxy) is 1. The minimum absolute atomic E-state index is 0.0641. The van der Waals surface area contributed by atoms with Crippen LogP contribution in [-0.2, 0) is 11.2 Å². The molecule has 0 radical (unpaired) electrons. The summed E-state index contributed by atoms with van der Waals surface area (Å²) in [5.41, 5.74) is 5.08. The van der Waals surface area contributed by atoms with Gasteiger partial charge >= 0.3 is 0 Å². The van der Waals surface area contributed by atoms with Crippen LogP contribution >= 0.6 is 11.3 Å². The van der Waals surface area contributed by atoms with Gasteiger partial charge in [-0.2, -0.15) is 0 Å². The predicted molar refractivity (Wildman–Crippen MR) is 125 cm³/mol. The molecule has 5 heteroatoms. The van der Waals surface area contributed by atoms with Crippen LogP contribution in [0.25, 0.3) is 10.6 Å². The van der Waals surface area contributed by atoms with Crippen molar-refractivity contribution in [3.8, 4) is 16.3 Å². The number of hydrogen-bond donors (Lipinski definition) is 1. The molecule has 3 aromatic carbocycles. The van der Waals surface area contributed by atoms with Crippen molar-refractivity contribution in [1.29, 1.82) is 0 Å². The van der Waals surface area contributed by atoms with Crippen molar-refractivity contribution in [2.24, 2.45) is 0 Å². The standard InChI is InChI=1S/C26H24N2O2S/c1-18-7-6-10-21(15-18)26-27-22(17-31-26)16-24(29)28-25(19-8-4-3-5-9-19)20-11-13-23(30-2)14-12-20/h3-15,17,25H,16H2,1-2H3,(H,28,29). The van der Waals surface area contributed by atoms with E-state index in [-0.39, 0.29) is 18.4 Å². The minimum Gasteiger partial charge on any atom is -0.497 e. The lowest BCUT2D eigenvalue weighted by molar-refractivity contribution is -0.121. The number of methoxy groups -OCH3 is 1. The lowest BCUT2D eigenvalue weighted by atomic mass is 9.98. The van der Waals surface area contributed by atoms with Crippen LogP contribution in [0.5, 0.6) is 5.75 Å². The van der Waals surface area contributed by atoms with Crippen LogP contribution in [0, 0.1) is 6.92 Å². The number of thiazole rings is 1. The molecule has 1 amide bonds. The summed E-state index contributed by atoms with van der Waals surface area (Å²) in [5.74, 6) is 0.721. The van der Waals surface area contributed by atoms with E-state index in [1.54, 1.807) is 18.4 Å².